The Hall–Kier alpha value is -2.67. The number of carbonyl (C=O) groups is 1. The fourth-order valence-electron chi connectivity index (χ4n) is 3.33. The van der Waals surface area contributed by atoms with Crippen LogP contribution in [0.3, 0.4) is 0 Å². The van der Waals surface area contributed by atoms with Gasteiger partial charge in [0.1, 0.15) is 0 Å². The number of aromatic nitrogens is 4. The first-order chi connectivity index (χ1) is 12.6. The Bertz CT molecular complexity index is 940. The van der Waals surface area contributed by atoms with Gasteiger partial charge in [0.2, 0.25) is 5.91 Å². The van der Waals surface area contributed by atoms with Crippen LogP contribution >= 0.6 is 11.8 Å². The van der Waals surface area contributed by atoms with E-state index in [2.05, 4.69) is 28.2 Å². The smallest absolute Gasteiger partial charge is 0.237 e. The number of thioether (sulfide) groups is 1. The fourth-order valence-corrected chi connectivity index (χ4v) is 4.10. The van der Waals surface area contributed by atoms with Crippen molar-refractivity contribution in [3.05, 3.63) is 54.4 Å². The van der Waals surface area contributed by atoms with E-state index in [4.69, 9.17) is 0 Å². The van der Waals surface area contributed by atoms with Crippen molar-refractivity contribution in [3.8, 4) is 11.4 Å². The number of nitrogens with zero attached hydrogens (tertiary/aromatic N) is 5. The molecule has 1 aromatic carbocycles. The minimum atomic E-state index is 0.0981. The largest absolute Gasteiger partial charge is 0.308 e. The highest BCUT2D eigenvalue weighted by Gasteiger charge is 2.30. The van der Waals surface area contributed by atoms with Crippen LogP contribution in [0.1, 0.15) is 12.5 Å². The highest BCUT2D eigenvalue weighted by atomic mass is 32.2. The van der Waals surface area contributed by atoms with E-state index in [1.807, 2.05) is 46.8 Å². The van der Waals surface area contributed by atoms with E-state index in [9.17, 15) is 4.79 Å². The molecule has 0 aliphatic carbocycles. The molecule has 0 fully saturated rings. The van der Waals surface area contributed by atoms with Gasteiger partial charge in [-0.05, 0) is 37.1 Å². The third-order valence-corrected chi connectivity index (χ3v) is 5.58. The molecular formula is C19H19N5OS. The normalized spacial score (nSPS) is 15.9. The lowest BCUT2D eigenvalue weighted by molar-refractivity contribution is -0.116. The maximum atomic E-state index is 12.8. The van der Waals surface area contributed by atoms with Crippen molar-refractivity contribution in [2.75, 3.05) is 10.7 Å². The molecule has 2 aromatic heterocycles. The molecule has 6 nitrogen and oxygen atoms in total. The Labute approximate surface area is 156 Å². The number of para-hydroxylation sites is 1. The number of anilines is 1. The molecule has 0 saturated heterocycles. The Morgan fingerprint density at radius 2 is 1.96 bits per heavy atom. The molecule has 1 amide bonds. The zero-order valence-corrected chi connectivity index (χ0v) is 15.5. The van der Waals surface area contributed by atoms with Crippen molar-refractivity contribution >= 4 is 23.4 Å². The van der Waals surface area contributed by atoms with Gasteiger partial charge >= 0.3 is 0 Å². The summed E-state index contributed by atoms with van der Waals surface area (Å²) < 4.78 is 1.91. The summed E-state index contributed by atoms with van der Waals surface area (Å²) in [6.45, 7) is 2.09. The van der Waals surface area contributed by atoms with Crippen LogP contribution in [-0.2, 0) is 18.3 Å². The van der Waals surface area contributed by atoms with Crippen molar-refractivity contribution in [2.24, 2.45) is 7.05 Å². The quantitative estimate of drug-likeness (QED) is 0.665. The van der Waals surface area contributed by atoms with E-state index in [0.29, 0.717) is 5.75 Å². The van der Waals surface area contributed by atoms with Crippen LogP contribution in [-0.4, -0.2) is 37.5 Å². The van der Waals surface area contributed by atoms with Gasteiger partial charge in [-0.15, -0.1) is 10.2 Å². The van der Waals surface area contributed by atoms with Crippen molar-refractivity contribution in [1.82, 2.24) is 19.7 Å². The number of hydrogen-bond donors (Lipinski definition) is 0. The maximum Gasteiger partial charge on any atom is 0.237 e. The summed E-state index contributed by atoms with van der Waals surface area (Å²) in [5.74, 6) is 1.20. The molecular weight excluding hydrogens is 346 g/mol. The average Bonchev–Trinajstić information content (AvgIpc) is 3.19. The molecule has 1 aliphatic heterocycles. The van der Waals surface area contributed by atoms with Gasteiger partial charge in [-0.3, -0.25) is 9.78 Å². The van der Waals surface area contributed by atoms with Gasteiger partial charge in [-0.25, -0.2) is 0 Å². The standard InChI is InChI=1S/C19H19N5OS/c1-13-11-15-5-3-4-6-16(15)24(13)17(25)12-26-19-22-21-18(23(19)2)14-7-9-20-10-8-14/h3-10,13H,11-12H2,1-2H3/t13-/m0/s1. The summed E-state index contributed by atoms with van der Waals surface area (Å²) >= 11 is 1.42. The van der Waals surface area contributed by atoms with Gasteiger partial charge in [-0.2, -0.15) is 0 Å². The predicted octanol–water partition coefficient (Wildman–Crippen LogP) is 2.95. The maximum absolute atomic E-state index is 12.8. The zero-order chi connectivity index (χ0) is 18.1. The van der Waals surface area contributed by atoms with Gasteiger partial charge in [-0.1, -0.05) is 30.0 Å². The second-order valence-corrected chi connectivity index (χ2v) is 7.28. The van der Waals surface area contributed by atoms with Gasteiger partial charge in [0.25, 0.3) is 0 Å². The lowest BCUT2D eigenvalue weighted by Crippen LogP contribution is -2.37. The van der Waals surface area contributed by atoms with Crippen LogP contribution < -0.4 is 4.90 Å². The summed E-state index contributed by atoms with van der Waals surface area (Å²) in [5.41, 5.74) is 3.22. The Morgan fingerprint density at radius 3 is 2.77 bits per heavy atom. The lowest BCUT2D eigenvalue weighted by Gasteiger charge is -2.22. The SMILES string of the molecule is C[C@H]1Cc2ccccc2N1C(=O)CSc1nnc(-c2ccncc2)n1C. The first-order valence-electron chi connectivity index (χ1n) is 8.47. The molecule has 0 N–H and O–H groups in total. The van der Waals surface area contributed by atoms with Crippen molar-refractivity contribution in [1.29, 1.82) is 0 Å². The molecule has 0 saturated carbocycles. The van der Waals surface area contributed by atoms with Crippen LogP contribution in [0.2, 0.25) is 0 Å². The van der Waals surface area contributed by atoms with Crippen LogP contribution in [0, 0.1) is 0 Å². The van der Waals surface area contributed by atoms with Crippen LogP contribution in [0.5, 0.6) is 0 Å². The first kappa shape index (κ1) is 16.8. The van der Waals surface area contributed by atoms with Crippen LogP contribution in [0.15, 0.2) is 53.9 Å². The molecule has 4 rings (SSSR count). The summed E-state index contributed by atoms with van der Waals surface area (Å²) in [4.78, 5) is 18.7. The van der Waals surface area contributed by atoms with Crippen molar-refractivity contribution in [2.45, 2.75) is 24.5 Å². The Morgan fingerprint density at radius 1 is 1.19 bits per heavy atom. The van der Waals surface area contributed by atoms with E-state index in [-0.39, 0.29) is 11.9 Å². The minimum Gasteiger partial charge on any atom is -0.308 e. The van der Waals surface area contributed by atoms with E-state index >= 15 is 0 Å². The summed E-state index contributed by atoms with van der Waals surface area (Å²) in [5, 5.41) is 9.22. The van der Waals surface area contributed by atoms with Crippen molar-refractivity contribution < 1.29 is 4.79 Å². The molecule has 0 bridgehead atoms. The topological polar surface area (TPSA) is 63.9 Å². The summed E-state index contributed by atoms with van der Waals surface area (Å²) in [6.07, 6.45) is 4.36. The lowest BCUT2D eigenvalue weighted by atomic mass is 10.1. The average molecular weight is 365 g/mol. The number of pyridine rings is 1. The Balaban J connectivity index is 1.48. The molecule has 26 heavy (non-hydrogen) atoms. The molecule has 7 heteroatoms. The predicted molar refractivity (Wildman–Crippen MR) is 102 cm³/mol. The Kier molecular flexibility index (Phi) is 4.46. The molecule has 1 aliphatic rings. The summed E-state index contributed by atoms with van der Waals surface area (Å²) in [7, 11) is 1.91. The number of hydrogen-bond acceptors (Lipinski definition) is 5. The third-order valence-electron chi connectivity index (χ3n) is 4.57. The minimum absolute atomic E-state index is 0.0981. The highest BCUT2D eigenvalue weighted by Crippen LogP contribution is 2.33. The summed E-state index contributed by atoms with van der Waals surface area (Å²) in [6, 6.07) is 12.1. The van der Waals surface area contributed by atoms with E-state index in [1.165, 1.54) is 17.3 Å². The van der Waals surface area contributed by atoms with Gasteiger partial charge in [0, 0.05) is 36.7 Å². The first-order valence-corrected chi connectivity index (χ1v) is 9.46. The monoisotopic (exact) mass is 365 g/mol. The van der Waals surface area contributed by atoms with Crippen molar-refractivity contribution in [3.63, 3.8) is 0 Å². The second-order valence-electron chi connectivity index (χ2n) is 6.34. The van der Waals surface area contributed by atoms with Gasteiger partial charge < -0.3 is 9.47 Å². The third kappa shape index (κ3) is 2.99. The molecule has 0 unspecified atom stereocenters. The molecule has 0 radical (unpaired) electrons. The zero-order valence-electron chi connectivity index (χ0n) is 14.7. The number of amides is 1. The van der Waals surface area contributed by atoms with Gasteiger partial charge in [0.05, 0.1) is 5.75 Å². The number of benzene rings is 1. The van der Waals surface area contributed by atoms with E-state index < -0.39 is 0 Å². The number of fused-ring (bicyclic) bond motifs is 1. The number of rotatable bonds is 4. The van der Waals surface area contributed by atoms with E-state index in [0.717, 1.165) is 28.7 Å². The molecule has 132 valence electrons. The second kappa shape index (κ2) is 6.92. The van der Waals surface area contributed by atoms with E-state index in [1.54, 1.807) is 12.4 Å². The molecule has 3 aromatic rings. The fraction of sp³-hybridized carbons (Fsp3) is 0.263. The number of carbonyl (C=O) groups excluding carboxylic acids is 1. The van der Waals surface area contributed by atoms with Crippen LogP contribution in [0.25, 0.3) is 11.4 Å². The molecule has 3 heterocycles. The van der Waals surface area contributed by atoms with Gasteiger partial charge in [0.15, 0.2) is 11.0 Å². The van der Waals surface area contributed by atoms with Crippen LogP contribution in [0.4, 0.5) is 5.69 Å². The molecule has 1 atom stereocenters. The molecule has 0 spiro atoms. The highest BCUT2D eigenvalue weighted by molar-refractivity contribution is 7.99.